The molecule has 0 fully saturated rings. The zero-order chi connectivity index (χ0) is 17.7. The Labute approximate surface area is 144 Å². The topological polar surface area (TPSA) is 26.3 Å². The van der Waals surface area contributed by atoms with Gasteiger partial charge in [-0.05, 0) is 96.2 Å². The van der Waals surface area contributed by atoms with E-state index in [1.54, 1.807) is 6.92 Å². The molecule has 2 nitrogen and oxygen atoms in total. The van der Waals surface area contributed by atoms with Gasteiger partial charge in [-0.2, -0.15) is 0 Å². The van der Waals surface area contributed by atoms with E-state index < -0.39 is 5.97 Å². The molecule has 0 radical (unpaired) electrons. The van der Waals surface area contributed by atoms with Crippen LogP contribution in [0.3, 0.4) is 0 Å². The zero-order valence-corrected chi connectivity index (χ0v) is 13.4. The second kappa shape index (κ2) is 17.0. The quantitative estimate of drug-likeness (QED) is 0.341. The van der Waals surface area contributed by atoms with Gasteiger partial charge >= 0.3 is 5.97 Å². The molecule has 0 spiro atoms. The van der Waals surface area contributed by atoms with Gasteiger partial charge in [-0.3, -0.25) is 0 Å². The Morgan fingerprint density at radius 2 is 1.12 bits per heavy atom. The molecule has 0 atom stereocenters. The number of rotatable bonds is 3. The summed E-state index contributed by atoms with van der Waals surface area (Å²) < 4.78 is 4.82. The number of carbonyl (C=O) groups excluding carboxylic acids is 1. The fourth-order valence-corrected chi connectivity index (χ4v) is 0.865. The SMILES string of the molecule is CC#CC#CC#CC#CC#CC#CC#CC#CC(=O)OCCCC. The summed E-state index contributed by atoms with van der Waals surface area (Å²) in [5, 5.41) is 0. The molecule has 0 amide bonds. The molecule has 0 aromatic rings. The lowest BCUT2D eigenvalue weighted by atomic mass is 10.4. The first-order valence-corrected chi connectivity index (χ1v) is 6.90. The van der Waals surface area contributed by atoms with Crippen molar-refractivity contribution in [1.82, 2.24) is 0 Å². The fourth-order valence-electron chi connectivity index (χ4n) is 0.865. The summed E-state index contributed by atoms with van der Waals surface area (Å²) in [6.07, 6.45) is 1.77. The number of unbranched alkanes of at least 4 members (excludes halogenated alkanes) is 1. The summed E-state index contributed by atoms with van der Waals surface area (Å²) in [5.41, 5.74) is 0. The molecule has 0 aliphatic rings. The summed E-state index contributed by atoms with van der Waals surface area (Å²) in [6.45, 7) is 4.07. The van der Waals surface area contributed by atoms with Gasteiger partial charge in [0.1, 0.15) is 0 Å². The summed E-state index contributed by atoms with van der Waals surface area (Å²) in [7, 11) is 0. The summed E-state index contributed by atoms with van der Waals surface area (Å²) in [6, 6.07) is 0. The molecule has 0 saturated carbocycles. The molecule has 0 aromatic heterocycles. The van der Waals surface area contributed by atoms with E-state index in [0.717, 1.165) is 12.8 Å². The maximum absolute atomic E-state index is 11.1. The van der Waals surface area contributed by atoms with Crippen molar-refractivity contribution >= 4 is 5.97 Å². The van der Waals surface area contributed by atoms with Crippen LogP contribution in [0.15, 0.2) is 0 Å². The standard InChI is InChI=1S/C22H12O2/c1-3-5-7-8-9-10-11-12-13-14-15-16-17-18-19-20-22(23)24-21-6-4-2/h4,6,21H2,1-2H3. The molecular formula is C22H12O2. The van der Waals surface area contributed by atoms with E-state index in [0.29, 0.717) is 6.61 Å². The maximum Gasteiger partial charge on any atom is 0.385 e. The number of carbonyl (C=O) groups is 1. The van der Waals surface area contributed by atoms with Gasteiger partial charge in [0.25, 0.3) is 0 Å². The normalized spacial score (nSPS) is 5.58. The monoisotopic (exact) mass is 308 g/mol. The average molecular weight is 308 g/mol. The van der Waals surface area contributed by atoms with Crippen LogP contribution in [0.25, 0.3) is 0 Å². The highest BCUT2D eigenvalue weighted by Gasteiger charge is 1.93. The zero-order valence-electron chi connectivity index (χ0n) is 13.4. The summed E-state index contributed by atoms with van der Waals surface area (Å²) in [5.74, 6) is 38.9. The molecule has 2 heteroatoms. The van der Waals surface area contributed by atoms with Gasteiger partial charge in [0.15, 0.2) is 0 Å². The fraction of sp³-hybridized carbons (Fsp3) is 0.227. The van der Waals surface area contributed by atoms with Gasteiger partial charge < -0.3 is 4.74 Å². The molecule has 24 heavy (non-hydrogen) atoms. The Balaban J connectivity index is 4.27. The molecule has 0 aliphatic heterocycles. The number of ether oxygens (including phenoxy) is 1. The molecule has 0 rings (SSSR count). The summed E-state index contributed by atoms with van der Waals surface area (Å²) in [4.78, 5) is 11.1. The largest absolute Gasteiger partial charge is 0.456 e. The molecule has 0 N–H and O–H groups in total. The second-order valence-electron chi connectivity index (χ2n) is 3.61. The van der Waals surface area contributed by atoms with E-state index in [2.05, 4.69) is 94.7 Å². The van der Waals surface area contributed by atoms with E-state index in [-0.39, 0.29) is 0 Å². The Morgan fingerprint density at radius 1 is 0.708 bits per heavy atom. The van der Waals surface area contributed by atoms with E-state index in [1.807, 2.05) is 6.92 Å². The van der Waals surface area contributed by atoms with Gasteiger partial charge in [-0.15, -0.1) is 0 Å². The molecule has 0 aromatic carbocycles. The van der Waals surface area contributed by atoms with Crippen LogP contribution in [0.1, 0.15) is 26.7 Å². The molecule has 0 heterocycles. The third-order valence-corrected chi connectivity index (χ3v) is 1.83. The number of hydrogen-bond donors (Lipinski definition) is 0. The van der Waals surface area contributed by atoms with E-state index in [9.17, 15) is 4.79 Å². The van der Waals surface area contributed by atoms with Gasteiger partial charge in [0, 0.05) is 5.92 Å². The van der Waals surface area contributed by atoms with Crippen LogP contribution < -0.4 is 0 Å². The lowest BCUT2D eigenvalue weighted by Crippen LogP contribution is -2.02. The molecule has 0 aliphatic carbocycles. The Hall–Kier alpha value is -4.05. The minimum Gasteiger partial charge on any atom is -0.456 e. The van der Waals surface area contributed by atoms with Crippen molar-refractivity contribution < 1.29 is 9.53 Å². The minimum absolute atomic E-state index is 0.373. The first-order chi connectivity index (χ1) is 11.8. The van der Waals surface area contributed by atoms with Crippen molar-refractivity contribution in [2.24, 2.45) is 0 Å². The highest BCUT2D eigenvalue weighted by atomic mass is 16.5. The Bertz CT molecular complexity index is 934. The molecule has 0 bridgehead atoms. The van der Waals surface area contributed by atoms with Crippen LogP contribution in [-0.2, 0) is 9.53 Å². The highest BCUT2D eigenvalue weighted by Crippen LogP contribution is 1.87. The molecular weight excluding hydrogens is 296 g/mol. The van der Waals surface area contributed by atoms with Crippen LogP contribution in [0.4, 0.5) is 0 Å². The van der Waals surface area contributed by atoms with Crippen LogP contribution in [-0.4, -0.2) is 12.6 Å². The van der Waals surface area contributed by atoms with E-state index in [4.69, 9.17) is 4.74 Å². The maximum atomic E-state index is 11.1. The first-order valence-electron chi connectivity index (χ1n) is 6.90. The minimum atomic E-state index is -0.590. The van der Waals surface area contributed by atoms with Crippen molar-refractivity contribution in [3.63, 3.8) is 0 Å². The van der Waals surface area contributed by atoms with Crippen molar-refractivity contribution in [3.05, 3.63) is 0 Å². The Morgan fingerprint density at radius 3 is 1.54 bits per heavy atom. The third-order valence-electron chi connectivity index (χ3n) is 1.83. The second-order valence-corrected chi connectivity index (χ2v) is 3.61. The first kappa shape index (κ1) is 19.9. The van der Waals surface area contributed by atoms with Gasteiger partial charge in [0.2, 0.25) is 0 Å². The van der Waals surface area contributed by atoms with Gasteiger partial charge in [0.05, 0.1) is 6.61 Å². The highest BCUT2D eigenvalue weighted by molar-refractivity contribution is 5.89. The third kappa shape index (κ3) is 16.0. The van der Waals surface area contributed by atoms with E-state index >= 15 is 0 Å². The van der Waals surface area contributed by atoms with Crippen molar-refractivity contribution in [2.45, 2.75) is 26.7 Å². The lowest BCUT2D eigenvalue weighted by molar-refractivity contribution is -0.136. The van der Waals surface area contributed by atoms with Crippen molar-refractivity contribution in [3.8, 4) is 94.7 Å². The van der Waals surface area contributed by atoms with Crippen LogP contribution in [0, 0.1) is 94.7 Å². The van der Waals surface area contributed by atoms with Crippen LogP contribution >= 0.6 is 0 Å². The van der Waals surface area contributed by atoms with Gasteiger partial charge in [-0.1, -0.05) is 19.3 Å². The van der Waals surface area contributed by atoms with Crippen molar-refractivity contribution in [2.75, 3.05) is 6.61 Å². The lowest BCUT2D eigenvalue weighted by Gasteiger charge is -1.95. The predicted octanol–water partition coefficient (Wildman–Crippen LogP) is 1.38. The predicted molar refractivity (Wildman–Crippen MR) is 93.7 cm³/mol. The number of esters is 1. The van der Waals surface area contributed by atoms with Crippen LogP contribution in [0.5, 0.6) is 0 Å². The van der Waals surface area contributed by atoms with Gasteiger partial charge in [-0.25, -0.2) is 4.79 Å². The smallest absolute Gasteiger partial charge is 0.385 e. The average Bonchev–Trinajstić information content (AvgIpc) is 2.58. The van der Waals surface area contributed by atoms with Crippen molar-refractivity contribution in [1.29, 1.82) is 0 Å². The molecule has 0 saturated heterocycles. The Kier molecular flexibility index (Phi) is 14.1. The summed E-state index contributed by atoms with van der Waals surface area (Å²) >= 11 is 0. The number of hydrogen-bond acceptors (Lipinski definition) is 2. The molecule has 112 valence electrons. The van der Waals surface area contributed by atoms with E-state index in [1.165, 1.54) is 0 Å². The molecule has 0 unspecified atom stereocenters. The van der Waals surface area contributed by atoms with Crippen LogP contribution in [0.2, 0.25) is 0 Å².